The highest BCUT2D eigenvalue weighted by atomic mass is 32.1. The standard InChI is InChI=1S/C18H22N4S/c1-18(2,3)15-8-6-14(7-9-15)11-16(17-5-4-10-23-17)21-22-13-19-12-20-22/h4-10,12-13,16,21H,11H2,1-3H3. The van der Waals surface area contributed by atoms with E-state index in [2.05, 4.69) is 78.1 Å². The Morgan fingerprint density at radius 1 is 1.17 bits per heavy atom. The molecule has 0 amide bonds. The predicted molar refractivity (Wildman–Crippen MR) is 95.3 cm³/mol. The molecule has 0 saturated carbocycles. The first-order chi connectivity index (χ1) is 11.0. The topological polar surface area (TPSA) is 42.7 Å². The molecule has 0 aliphatic heterocycles. The molecule has 0 aliphatic rings. The van der Waals surface area contributed by atoms with E-state index in [0.717, 1.165) is 6.42 Å². The van der Waals surface area contributed by atoms with Crippen molar-refractivity contribution >= 4 is 11.3 Å². The number of thiophene rings is 1. The third-order valence-corrected chi connectivity index (χ3v) is 4.84. The van der Waals surface area contributed by atoms with Gasteiger partial charge in [-0.15, -0.1) is 16.4 Å². The maximum Gasteiger partial charge on any atom is 0.139 e. The number of nitrogens with one attached hydrogen (secondary N) is 1. The molecule has 2 aromatic heterocycles. The summed E-state index contributed by atoms with van der Waals surface area (Å²) in [6.07, 6.45) is 4.13. The van der Waals surface area contributed by atoms with E-state index in [1.54, 1.807) is 22.5 Å². The van der Waals surface area contributed by atoms with Crippen molar-refractivity contribution in [1.82, 2.24) is 14.9 Å². The van der Waals surface area contributed by atoms with Gasteiger partial charge in [0.2, 0.25) is 0 Å². The first-order valence-corrected chi connectivity index (χ1v) is 8.64. The van der Waals surface area contributed by atoms with E-state index in [-0.39, 0.29) is 11.5 Å². The molecule has 0 bridgehead atoms. The smallest absolute Gasteiger partial charge is 0.139 e. The van der Waals surface area contributed by atoms with Crippen molar-refractivity contribution in [2.75, 3.05) is 5.43 Å². The molecular weight excluding hydrogens is 304 g/mol. The second kappa shape index (κ2) is 6.54. The molecule has 0 spiro atoms. The molecule has 2 heterocycles. The maximum atomic E-state index is 4.15. The molecule has 0 saturated heterocycles. The zero-order valence-corrected chi connectivity index (χ0v) is 14.5. The Morgan fingerprint density at radius 3 is 2.52 bits per heavy atom. The molecule has 0 aliphatic carbocycles. The van der Waals surface area contributed by atoms with Crippen LogP contribution in [0.2, 0.25) is 0 Å². The number of benzene rings is 1. The summed E-state index contributed by atoms with van der Waals surface area (Å²) < 4.78 is 0. The molecule has 5 heteroatoms. The Kier molecular flexibility index (Phi) is 4.48. The van der Waals surface area contributed by atoms with Crippen LogP contribution in [0.15, 0.2) is 54.4 Å². The molecule has 0 fully saturated rings. The highest BCUT2D eigenvalue weighted by Gasteiger charge is 2.16. The second-order valence-electron chi connectivity index (χ2n) is 6.69. The van der Waals surface area contributed by atoms with E-state index in [9.17, 15) is 0 Å². The van der Waals surface area contributed by atoms with E-state index < -0.39 is 0 Å². The number of hydrogen-bond acceptors (Lipinski definition) is 4. The van der Waals surface area contributed by atoms with E-state index in [4.69, 9.17) is 0 Å². The zero-order valence-electron chi connectivity index (χ0n) is 13.7. The summed E-state index contributed by atoms with van der Waals surface area (Å²) in [6, 6.07) is 13.3. The SMILES string of the molecule is CC(C)(C)c1ccc(CC(Nn2cncn2)c2cccs2)cc1. The monoisotopic (exact) mass is 326 g/mol. The minimum atomic E-state index is 0.178. The third-order valence-electron chi connectivity index (χ3n) is 3.85. The van der Waals surface area contributed by atoms with E-state index in [0.29, 0.717) is 0 Å². The minimum absolute atomic E-state index is 0.178. The lowest BCUT2D eigenvalue weighted by Gasteiger charge is -2.21. The lowest BCUT2D eigenvalue weighted by atomic mass is 9.86. The van der Waals surface area contributed by atoms with Gasteiger partial charge in [0.25, 0.3) is 0 Å². The number of hydrogen-bond donors (Lipinski definition) is 1. The van der Waals surface area contributed by atoms with Gasteiger partial charge < -0.3 is 0 Å². The van der Waals surface area contributed by atoms with Crippen LogP contribution in [0, 0.1) is 0 Å². The van der Waals surface area contributed by atoms with E-state index in [1.165, 1.54) is 22.3 Å². The quantitative estimate of drug-likeness (QED) is 0.765. The van der Waals surface area contributed by atoms with Gasteiger partial charge in [0.05, 0.1) is 6.04 Å². The first kappa shape index (κ1) is 15.7. The van der Waals surface area contributed by atoms with Crippen LogP contribution in [0.3, 0.4) is 0 Å². The summed E-state index contributed by atoms with van der Waals surface area (Å²) in [6.45, 7) is 6.72. The van der Waals surface area contributed by atoms with Crippen LogP contribution in [-0.2, 0) is 11.8 Å². The van der Waals surface area contributed by atoms with Crippen molar-refractivity contribution in [3.8, 4) is 0 Å². The van der Waals surface area contributed by atoms with Crippen LogP contribution >= 0.6 is 11.3 Å². The van der Waals surface area contributed by atoms with Crippen molar-refractivity contribution in [3.05, 3.63) is 70.4 Å². The number of rotatable bonds is 5. The van der Waals surface area contributed by atoms with Crippen molar-refractivity contribution in [1.29, 1.82) is 0 Å². The fourth-order valence-corrected chi connectivity index (χ4v) is 3.28. The normalized spacial score (nSPS) is 13.0. The van der Waals surface area contributed by atoms with Gasteiger partial charge in [0, 0.05) is 4.88 Å². The second-order valence-corrected chi connectivity index (χ2v) is 7.67. The molecule has 1 unspecified atom stereocenters. The maximum absolute atomic E-state index is 4.15. The minimum Gasteiger partial charge on any atom is -0.300 e. The summed E-state index contributed by atoms with van der Waals surface area (Å²) in [5.41, 5.74) is 6.26. The predicted octanol–water partition coefficient (Wildman–Crippen LogP) is 4.16. The Balaban J connectivity index is 1.78. The summed E-state index contributed by atoms with van der Waals surface area (Å²) in [4.78, 5) is 6.96. The van der Waals surface area contributed by atoms with Gasteiger partial charge in [-0.3, -0.25) is 5.43 Å². The summed E-state index contributed by atoms with van der Waals surface area (Å²) in [7, 11) is 0. The van der Waals surface area contributed by atoms with Crippen LogP contribution < -0.4 is 5.43 Å². The fourth-order valence-electron chi connectivity index (χ4n) is 2.51. The summed E-state index contributed by atoms with van der Waals surface area (Å²) >= 11 is 1.76. The highest BCUT2D eigenvalue weighted by molar-refractivity contribution is 7.10. The van der Waals surface area contributed by atoms with Crippen molar-refractivity contribution in [2.45, 2.75) is 38.6 Å². The van der Waals surface area contributed by atoms with Gasteiger partial charge in [-0.25, -0.2) is 4.98 Å². The van der Waals surface area contributed by atoms with Gasteiger partial charge in [0.15, 0.2) is 0 Å². The van der Waals surface area contributed by atoms with Crippen LogP contribution in [0.1, 0.15) is 42.8 Å². The van der Waals surface area contributed by atoms with E-state index >= 15 is 0 Å². The van der Waals surface area contributed by atoms with Crippen molar-refractivity contribution < 1.29 is 0 Å². The van der Waals surface area contributed by atoms with Crippen LogP contribution in [0.25, 0.3) is 0 Å². The third kappa shape index (κ3) is 3.99. The molecule has 4 nitrogen and oxygen atoms in total. The molecule has 1 atom stereocenters. The largest absolute Gasteiger partial charge is 0.300 e. The van der Waals surface area contributed by atoms with Gasteiger partial charge in [-0.05, 0) is 34.4 Å². The lowest BCUT2D eigenvalue weighted by Crippen LogP contribution is -2.22. The molecule has 1 aromatic carbocycles. The van der Waals surface area contributed by atoms with Crippen LogP contribution in [0.4, 0.5) is 0 Å². The fraction of sp³-hybridized carbons (Fsp3) is 0.333. The van der Waals surface area contributed by atoms with Gasteiger partial charge in [0.1, 0.15) is 12.7 Å². The Hall–Kier alpha value is -2.14. The number of nitrogens with zero attached hydrogens (tertiary/aromatic N) is 3. The van der Waals surface area contributed by atoms with Gasteiger partial charge >= 0.3 is 0 Å². The van der Waals surface area contributed by atoms with Crippen molar-refractivity contribution in [3.63, 3.8) is 0 Å². The Bertz CT molecular complexity index is 709. The Morgan fingerprint density at radius 2 is 1.96 bits per heavy atom. The Labute approximate surface area is 141 Å². The molecular formula is C18H22N4S. The molecule has 3 aromatic rings. The summed E-state index contributed by atoms with van der Waals surface area (Å²) in [5, 5.41) is 6.26. The number of aromatic nitrogens is 3. The zero-order chi connectivity index (χ0) is 16.3. The van der Waals surface area contributed by atoms with Gasteiger partial charge in [-0.1, -0.05) is 51.1 Å². The molecule has 23 heavy (non-hydrogen) atoms. The highest BCUT2D eigenvalue weighted by Crippen LogP contribution is 2.26. The van der Waals surface area contributed by atoms with Crippen LogP contribution in [0.5, 0.6) is 0 Å². The molecule has 120 valence electrons. The average Bonchev–Trinajstić information content (AvgIpc) is 3.20. The molecule has 0 radical (unpaired) electrons. The van der Waals surface area contributed by atoms with E-state index in [1.807, 2.05) is 0 Å². The van der Waals surface area contributed by atoms with Gasteiger partial charge in [-0.2, -0.15) is 4.79 Å². The average molecular weight is 326 g/mol. The lowest BCUT2D eigenvalue weighted by molar-refractivity contribution is 0.589. The summed E-state index contributed by atoms with van der Waals surface area (Å²) in [5.74, 6) is 0. The molecule has 3 rings (SSSR count). The van der Waals surface area contributed by atoms with Crippen molar-refractivity contribution in [2.24, 2.45) is 0 Å². The first-order valence-electron chi connectivity index (χ1n) is 7.76. The van der Waals surface area contributed by atoms with Crippen LogP contribution in [-0.4, -0.2) is 14.9 Å². The molecule has 1 N–H and O–H groups in total.